The first kappa shape index (κ1) is 32.9. The molecule has 15 heteroatoms. The number of halogens is 3. The Balaban J connectivity index is 1.36. The molecule has 0 radical (unpaired) electrons. The van der Waals surface area contributed by atoms with Crippen LogP contribution in [0.3, 0.4) is 0 Å². The number of ether oxygens (including phenoxy) is 2. The molecule has 1 aliphatic carbocycles. The molecule has 0 saturated heterocycles. The van der Waals surface area contributed by atoms with E-state index in [0.29, 0.717) is 28.8 Å². The monoisotopic (exact) mass is 699 g/mol. The van der Waals surface area contributed by atoms with E-state index in [2.05, 4.69) is 20.4 Å². The summed E-state index contributed by atoms with van der Waals surface area (Å²) in [6.45, 7) is 0.740. The maximum absolute atomic E-state index is 15.4. The number of methoxy groups -OCH3 is 1. The number of carbonyl (C=O) groups is 2. The van der Waals surface area contributed by atoms with Gasteiger partial charge in [0.1, 0.15) is 63.7 Å². The molecule has 12 nitrogen and oxygen atoms in total. The lowest BCUT2D eigenvalue weighted by Gasteiger charge is -2.30. The predicted molar refractivity (Wildman–Crippen MR) is 175 cm³/mol. The largest absolute Gasteiger partial charge is 0.494 e. The molecular weight excluding hydrogens is 672 g/mol. The number of nitrogens with one attached hydrogen (secondary N) is 1. The number of amides is 2. The molecule has 2 aliphatic rings. The van der Waals surface area contributed by atoms with E-state index in [1.54, 1.807) is 6.07 Å². The summed E-state index contributed by atoms with van der Waals surface area (Å²) in [6.07, 6.45) is 5.16. The van der Waals surface area contributed by atoms with E-state index >= 15 is 4.39 Å². The van der Waals surface area contributed by atoms with Gasteiger partial charge in [0.05, 0.1) is 30.4 Å². The topological polar surface area (TPSA) is 178 Å². The molecule has 1 saturated carbocycles. The number of nitrogens with zero attached hydrogens (tertiary/aromatic N) is 5. The standard InChI is InChI=1S/C35H28ClF2N7O5/c1-34(33(40)47)16-50-31-23(34)11-28(43-30(31)22-10-24(36)26(38)12-25(22)37)35(48,19-5-6-41-20(9-19)13-39)15-42-32(46)17-7-18-14-45(21-3-4-21)44-29(18)27(8-17)49-2/h5-12,14,21,48H,3-4,15-16H2,1-2H3,(H2,40,47)(H,42,46)/t34-,35+/m0/s1. The van der Waals surface area contributed by atoms with Crippen molar-refractivity contribution in [2.75, 3.05) is 20.3 Å². The van der Waals surface area contributed by atoms with Gasteiger partial charge >= 0.3 is 0 Å². The number of carbonyl (C=O) groups excluding carboxylic acids is 2. The molecule has 3 aromatic heterocycles. The van der Waals surface area contributed by atoms with Crippen LogP contribution in [0.4, 0.5) is 8.78 Å². The van der Waals surface area contributed by atoms with Crippen LogP contribution in [0.25, 0.3) is 22.2 Å². The summed E-state index contributed by atoms with van der Waals surface area (Å²) in [7, 11) is 1.47. The fourth-order valence-electron chi connectivity index (χ4n) is 6.02. The van der Waals surface area contributed by atoms with E-state index < -0.39 is 46.0 Å². The summed E-state index contributed by atoms with van der Waals surface area (Å²) < 4.78 is 42.8. The number of nitrogens with two attached hydrogens (primary N) is 1. The third-order valence-corrected chi connectivity index (χ3v) is 9.45. The van der Waals surface area contributed by atoms with Gasteiger partial charge < -0.3 is 25.6 Å². The number of primary amides is 1. The van der Waals surface area contributed by atoms with Crippen LogP contribution in [-0.2, 0) is 15.8 Å². The minimum Gasteiger partial charge on any atom is -0.494 e. The van der Waals surface area contributed by atoms with Gasteiger partial charge in [-0.05, 0) is 61.7 Å². The number of fused-ring (bicyclic) bond motifs is 2. The van der Waals surface area contributed by atoms with Crippen LogP contribution in [0.1, 0.15) is 58.7 Å². The van der Waals surface area contributed by atoms with Crippen molar-refractivity contribution in [3.05, 3.63) is 99.6 Å². The van der Waals surface area contributed by atoms with Crippen LogP contribution in [0.2, 0.25) is 5.02 Å². The van der Waals surface area contributed by atoms with E-state index in [1.807, 2.05) is 16.9 Å². The Morgan fingerprint density at radius 3 is 2.72 bits per heavy atom. The van der Waals surface area contributed by atoms with Gasteiger partial charge in [0, 0.05) is 40.5 Å². The summed E-state index contributed by atoms with van der Waals surface area (Å²) in [5.41, 5.74) is 2.42. The average Bonchev–Trinajstić information content (AvgIpc) is 3.78. The zero-order valence-electron chi connectivity index (χ0n) is 26.6. The van der Waals surface area contributed by atoms with Gasteiger partial charge in [-0.2, -0.15) is 10.4 Å². The van der Waals surface area contributed by atoms with Crippen molar-refractivity contribution in [1.29, 1.82) is 5.26 Å². The molecule has 4 heterocycles. The van der Waals surface area contributed by atoms with Crippen LogP contribution in [0.5, 0.6) is 11.5 Å². The molecule has 0 unspecified atom stereocenters. The molecule has 5 aromatic rings. The van der Waals surface area contributed by atoms with Gasteiger partial charge in [-0.15, -0.1) is 0 Å². The Kier molecular flexibility index (Phi) is 7.92. The summed E-state index contributed by atoms with van der Waals surface area (Å²) in [4.78, 5) is 35.1. The van der Waals surface area contributed by atoms with Crippen molar-refractivity contribution in [3.8, 4) is 28.8 Å². The molecule has 0 bridgehead atoms. The quantitative estimate of drug-likeness (QED) is 0.188. The summed E-state index contributed by atoms with van der Waals surface area (Å²) >= 11 is 6.04. The highest BCUT2D eigenvalue weighted by Crippen LogP contribution is 2.47. The van der Waals surface area contributed by atoms with E-state index in [-0.39, 0.29) is 51.7 Å². The van der Waals surface area contributed by atoms with Crippen molar-refractivity contribution in [2.24, 2.45) is 5.73 Å². The molecule has 7 rings (SSSR count). The van der Waals surface area contributed by atoms with E-state index in [4.69, 9.17) is 26.8 Å². The highest BCUT2D eigenvalue weighted by Gasteiger charge is 2.46. The molecule has 2 amide bonds. The lowest BCUT2D eigenvalue weighted by atomic mass is 9.80. The molecule has 4 N–H and O–H groups in total. The highest BCUT2D eigenvalue weighted by molar-refractivity contribution is 6.31. The van der Waals surface area contributed by atoms with Crippen LogP contribution in [0.15, 0.2) is 54.9 Å². The number of rotatable bonds is 9. The maximum atomic E-state index is 15.4. The second-order valence-corrected chi connectivity index (χ2v) is 12.9. The fraction of sp³-hybridized carbons (Fsp3) is 0.257. The van der Waals surface area contributed by atoms with Crippen molar-refractivity contribution in [3.63, 3.8) is 0 Å². The zero-order valence-corrected chi connectivity index (χ0v) is 27.4. The van der Waals surface area contributed by atoms with Gasteiger partial charge in [0.25, 0.3) is 5.91 Å². The normalized spacial score (nSPS) is 17.8. The van der Waals surface area contributed by atoms with Crippen LogP contribution >= 0.6 is 11.6 Å². The van der Waals surface area contributed by atoms with Gasteiger partial charge in [0.2, 0.25) is 5.91 Å². The zero-order chi connectivity index (χ0) is 35.5. The average molecular weight is 700 g/mol. The number of benzene rings is 2. The minimum absolute atomic E-state index is 0.0254. The smallest absolute Gasteiger partial charge is 0.251 e. The molecule has 254 valence electrons. The summed E-state index contributed by atoms with van der Waals surface area (Å²) in [5.74, 6) is -3.08. The molecule has 1 fully saturated rings. The Hall–Kier alpha value is -5.65. The van der Waals surface area contributed by atoms with E-state index in [0.717, 1.165) is 18.9 Å². The summed E-state index contributed by atoms with van der Waals surface area (Å²) in [6, 6.07) is 11.1. The van der Waals surface area contributed by atoms with Crippen LogP contribution in [-0.4, -0.2) is 56.9 Å². The third-order valence-electron chi connectivity index (χ3n) is 9.16. The third kappa shape index (κ3) is 5.44. The Bertz CT molecular complexity index is 2290. The Morgan fingerprint density at radius 1 is 1.24 bits per heavy atom. The highest BCUT2D eigenvalue weighted by atomic mass is 35.5. The SMILES string of the molecule is COc1cc(C(=O)NC[C@@](O)(c2ccnc(C#N)c2)c2cc3c(c(-c4cc(Cl)c(F)cc4F)n2)OC[C@]3(C)C(N)=O)cc2cn(C3CC3)nc12. The second-order valence-electron chi connectivity index (χ2n) is 12.5. The number of pyridine rings is 2. The van der Waals surface area contributed by atoms with Crippen LogP contribution in [0, 0.1) is 23.0 Å². The number of hydrogen-bond donors (Lipinski definition) is 3. The van der Waals surface area contributed by atoms with Crippen LogP contribution < -0.4 is 20.5 Å². The molecular formula is C35H28ClF2N7O5. The van der Waals surface area contributed by atoms with Crippen molar-refractivity contribution >= 4 is 34.3 Å². The first-order valence-corrected chi connectivity index (χ1v) is 15.8. The number of hydrogen-bond acceptors (Lipinski definition) is 9. The van der Waals surface area contributed by atoms with Gasteiger partial charge in [-0.25, -0.2) is 18.7 Å². The predicted octanol–water partition coefficient (Wildman–Crippen LogP) is 4.44. The number of aromatic nitrogens is 4. The van der Waals surface area contributed by atoms with Gasteiger partial charge in [0.15, 0.2) is 0 Å². The van der Waals surface area contributed by atoms with Crippen molar-refractivity contribution in [2.45, 2.75) is 36.8 Å². The number of nitriles is 1. The lowest BCUT2D eigenvalue weighted by Crippen LogP contribution is -2.43. The Morgan fingerprint density at radius 2 is 2.02 bits per heavy atom. The fourth-order valence-corrected chi connectivity index (χ4v) is 6.18. The molecule has 1 aliphatic heterocycles. The number of aliphatic hydroxyl groups is 1. The minimum atomic E-state index is -2.24. The molecule has 50 heavy (non-hydrogen) atoms. The first-order valence-electron chi connectivity index (χ1n) is 15.4. The van der Waals surface area contributed by atoms with Gasteiger partial charge in [-0.1, -0.05) is 11.6 Å². The first-order chi connectivity index (χ1) is 23.9. The van der Waals surface area contributed by atoms with E-state index in [9.17, 15) is 24.3 Å². The Labute approximate surface area is 288 Å². The van der Waals surface area contributed by atoms with Crippen molar-refractivity contribution in [1.82, 2.24) is 25.1 Å². The molecule has 0 spiro atoms. The van der Waals surface area contributed by atoms with E-state index in [1.165, 1.54) is 44.5 Å². The second kappa shape index (κ2) is 12.0. The molecule has 2 aromatic carbocycles. The lowest BCUT2D eigenvalue weighted by molar-refractivity contribution is -0.123. The molecule has 2 atom stereocenters. The summed E-state index contributed by atoms with van der Waals surface area (Å²) in [5, 5.41) is 29.8. The maximum Gasteiger partial charge on any atom is 0.251 e. The van der Waals surface area contributed by atoms with Gasteiger partial charge in [-0.3, -0.25) is 14.3 Å². The van der Waals surface area contributed by atoms with Crippen molar-refractivity contribution < 1.29 is 33.0 Å².